The van der Waals surface area contributed by atoms with Crippen molar-refractivity contribution in [3.05, 3.63) is 54.2 Å². The second kappa shape index (κ2) is 5.35. The van der Waals surface area contributed by atoms with Crippen LogP contribution in [0.2, 0.25) is 0 Å². The van der Waals surface area contributed by atoms with Crippen LogP contribution in [0.1, 0.15) is 12.7 Å². The van der Waals surface area contributed by atoms with Crippen LogP contribution in [0, 0.1) is 5.82 Å². The molecule has 0 aliphatic carbocycles. The molecule has 1 aromatic carbocycles. The smallest absolute Gasteiger partial charge is 0.243 e. The first-order valence-corrected chi connectivity index (χ1v) is 7.32. The van der Waals surface area contributed by atoms with Crippen molar-refractivity contribution in [2.24, 2.45) is 0 Å². The molecular formula is C13H14FNO4S. The monoisotopic (exact) mass is 299 g/mol. The number of aliphatic hydroxyl groups is 1. The number of rotatable bonds is 5. The van der Waals surface area contributed by atoms with Crippen LogP contribution in [0.25, 0.3) is 0 Å². The summed E-state index contributed by atoms with van der Waals surface area (Å²) >= 11 is 0. The van der Waals surface area contributed by atoms with Gasteiger partial charge in [-0.05, 0) is 31.2 Å². The minimum Gasteiger partial charge on any atom is -0.466 e. The molecule has 2 aromatic rings. The third-order valence-electron chi connectivity index (χ3n) is 2.78. The van der Waals surface area contributed by atoms with Gasteiger partial charge in [0.05, 0.1) is 6.26 Å². The van der Waals surface area contributed by atoms with Crippen LogP contribution in [0.4, 0.5) is 4.39 Å². The normalized spacial score (nSPS) is 14.9. The van der Waals surface area contributed by atoms with E-state index >= 15 is 0 Å². The van der Waals surface area contributed by atoms with Crippen LogP contribution in [0.15, 0.2) is 52.0 Å². The molecule has 0 amide bonds. The van der Waals surface area contributed by atoms with E-state index in [-0.39, 0.29) is 12.3 Å². The molecule has 0 spiro atoms. The van der Waals surface area contributed by atoms with E-state index in [0.717, 1.165) is 12.1 Å². The van der Waals surface area contributed by atoms with Crippen molar-refractivity contribution in [1.82, 2.24) is 4.72 Å². The molecule has 0 aliphatic heterocycles. The van der Waals surface area contributed by atoms with E-state index in [4.69, 9.17) is 4.42 Å². The molecule has 0 bridgehead atoms. The number of nitrogens with one attached hydrogen (secondary N) is 1. The summed E-state index contributed by atoms with van der Waals surface area (Å²) in [6.07, 6.45) is 1.37. The van der Waals surface area contributed by atoms with Crippen molar-refractivity contribution in [2.45, 2.75) is 17.4 Å². The molecule has 0 radical (unpaired) electrons. The van der Waals surface area contributed by atoms with Gasteiger partial charge in [0.2, 0.25) is 10.0 Å². The van der Waals surface area contributed by atoms with Crippen molar-refractivity contribution in [2.75, 3.05) is 6.54 Å². The first-order valence-electron chi connectivity index (χ1n) is 5.83. The first kappa shape index (κ1) is 14.7. The van der Waals surface area contributed by atoms with Gasteiger partial charge in [-0.2, -0.15) is 0 Å². The largest absolute Gasteiger partial charge is 0.466 e. The third-order valence-corrected chi connectivity index (χ3v) is 4.22. The van der Waals surface area contributed by atoms with Crippen molar-refractivity contribution < 1.29 is 22.3 Å². The Kier molecular flexibility index (Phi) is 3.94. The van der Waals surface area contributed by atoms with E-state index in [1.807, 2.05) is 0 Å². The highest BCUT2D eigenvalue weighted by molar-refractivity contribution is 7.89. The molecular weight excluding hydrogens is 285 g/mol. The quantitative estimate of drug-likeness (QED) is 0.879. The fourth-order valence-electron chi connectivity index (χ4n) is 1.65. The van der Waals surface area contributed by atoms with E-state index < -0.39 is 26.3 Å². The van der Waals surface area contributed by atoms with Crippen LogP contribution < -0.4 is 4.72 Å². The van der Waals surface area contributed by atoms with E-state index in [2.05, 4.69) is 4.72 Å². The van der Waals surface area contributed by atoms with Gasteiger partial charge >= 0.3 is 0 Å². The standard InChI is InChI=1S/C13H14FNO4S/c1-13(16,12-7-4-8-19-12)9-15-20(17,18)11-6-3-2-5-10(11)14/h2-8,15-16H,9H2,1H3/t13-/m1/s1. The molecule has 1 atom stereocenters. The molecule has 0 unspecified atom stereocenters. The Morgan fingerprint density at radius 1 is 1.30 bits per heavy atom. The zero-order chi connectivity index (χ0) is 14.8. The lowest BCUT2D eigenvalue weighted by atomic mass is 10.1. The zero-order valence-electron chi connectivity index (χ0n) is 10.7. The summed E-state index contributed by atoms with van der Waals surface area (Å²) in [6, 6.07) is 8.13. The van der Waals surface area contributed by atoms with E-state index in [0.29, 0.717) is 0 Å². The minimum absolute atomic E-state index is 0.216. The number of hydrogen-bond donors (Lipinski definition) is 2. The van der Waals surface area contributed by atoms with Crippen LogP contribution in [-0.2, 0) is 15.6 Å². The highest BCUT2D eigenvalue weighted by Crippen LogP contribution is 2.21. The van der Waals surface area contributed by atoms with E-state index in [1.165, 1.54) is 31.4 Å². The van der Waals surface area contributed by atoms with Gasteiger partial charge in [0.25, 0.3) is 0 Å². The summed E-state index contributed by atoms with van der Waals surface area (Å²) in [7, 11) is -4.04. The molecule has 0 fully saturated rings. The van der Waals surface area contributed by atoms with Gasteiger partial charge in [-0.1, -0.05) is 12.1 Å². The predicted molar refractivity (Wildman–Crippen MR) is 69.9 cm³/mol. The molecule has 20 heavy (non-hydrogen) atoms. The fourth-order valence-corrected chi connectivity index (χ4v) is 2.86. The van der Waals surface area contributed by atoms with Gasteiger partial charge < -0.3 is 9.52 Å². The average Bonchev–Trinajstić information content (AvgIpc) is 2.92. The summed E-state index contributed by atoms with van der Waals surface area (Å²) in [4.78, 5) is -0.463. The Bertz CT molecular complexity index is 680. The molecule has 7 heteroatoms. The highest BCUT2D eigenvalue weighted by Gasteiger charge is 2.29. The molecule has 2 N–H and O–H groups in total. The molecule has 0 saturated heterocycles. The zero-order valence-corrected chi connectivity index (χ0v) is 11.5. The highest BCUT2D eigenvalue weighted by atomic mass is 32.2. The minimum atomic E-state index is -4.04. The number of hydrogen-bond acceptors (Lipinski definition) is 4. The van der Waals surface area contributed by atoms with E-state index in [1.54, 1.807) is 6.07 Å². The maximum Gasteiger partial charge on any atom is 0.243 e. The molecule has 2 rings (SSSR count). The predicted octanol–water partition coefficient (Wildman–Crippen LogP) is 1.60. The molecule has 0 aliphatic rings. The number of benzene rings is 1. The topological polar surface area (TPSA) is 79.5 Å². The maximum absolute atomic E-state index is 13.5. The van der Waals surface area contributed by atoms with Crippen LogP contribution in [0.5, 0.6) is 0 Å². The summed E-state index contributed by atoms with van der Waals surface area (Å²) in [5.41, 5.74) is -1.53. The van der Waals surface area contributed by atoms with Crippen LogP contribution in [-0.4, -0.2) is 20.1 Å². The molecule has 5 nitrogen and oxygen atoms in total. The Balaban J connectivity index is 2.17. The third kappa shape index (κ3) is 3.06. The van der Waals surface area contributed by atoms with E-state index in [9.17, 15) is 17.9 Å². The lowest BCUT2D eigenvalue weighted by Gasteiger charge is -2.21. The molecule has 0 saturated carbocycles. The van der Waals surface area contributed by atoms with Crippen LogP contribution in [0.3, 0.4) is 0 Å². The fraction of sp³-hybridized carbons (Fsp3) is 0.231. The Morgan fingerprint density at radius 2 is 2.00 bits per heavy atom. The average molecular weight is 299 g/mol. The Labute approximate surface area is 116 Å². The van der Waals surface area contributed by atoms with Crippen LogP contribution >= 0.6 is 0 Å². The summed E-state index contributed by atoms with van der Waals surface area (Å²) < 4.78 is 44.6. The Morgan fingerprint density at radius 3 is 2.60 bits per heavy atom. The number of furan rings is 1. The van der Waals surface area contributed by atoms with Gasteiger partial charge in [0.15, 0.2) is 0 Å². The van der Waals surface area contributed by atoms with Gasteiger partial charge in [0.1, 0.15) is 22.1 Å². The maximum atomic E-state index is 13.5. The first-order chi connectivity index (χ1) is 9.33. The summed E-state index contributed by atoms with van der Waals surface area (Å²) in [5.74, 6) is -0.633. The molecule has 108 valence electrons. The second-order valence-electron chi connectivity index (χ2n) is 4.51. The van der Waals surface area contributed by atoms with Gasteiger partial charge in [-0.3, -0.25) is 0 Å². The van der Waals surface area contributed by atoms with Crippen molar-refractivity contribution >= 4 is 10.0 Å². The lowest BCUT2D eigenvalue weighted by Crippen LogP contribution is -2.38. The molecule has 1 aromatic heterocycles. The summed E-state index contributed by atoms with van der Waals surface area (Å²) in [5, 5.41) is 10.1. The van der Waals surface area contributed by atoms with Crippen molar-refractivity contribution in [1.29, 1.82) is 0 Å². The second-order valence-corrected chi connectivity index (χ2v) is 6.24. The van der Waals surface area contributed by atoms with Crippen molar-refractivity contribution in [3.63, 3.8) is 0 Å². The summed E-state index contributed by atoms with van der Waals surface area (Å²) in [6.45, 7) is 1.06. The molecule has 1 heterocycles. The van der Waals surface area contributed by atoms with Crippen molar-refractivity contribution in [3.8, 4) is 0 Å². The number of sulfonamides is 1. The number of halogens is 1. The van der Waals surface area contributed by atoms with Gasteiger partial charge in [-0.15, -0.1) is 0 Å². The Hall–Kier alpha value is -1.70. The lowest BCUT2D eigenvalue weighted by molar-refractivity contribution is 0.0395. The van der Waals surface area contributed by atoms with Gasteiger partial charge in [0, 0.05) is 6.54 Å². The SMILES string of the molecule is C[C@@](O)(CNS(=O)(=O)c1ccccc1F)c1ccco1. The van der Waals surface area contributed by atoms with Gasteiger partial charge in [-0.25, -0.2) is 17.5 Å².